The lowest BCUT2D eigenvalue weighted by molar-refractivity contribution is 0.283. The molecule has 0 N–H and O–H groups in total. The van der Waals surface area contributed by atoms with Gasteiger partial charge in [-0.25, -0.2) is 0 Å². The second-order valence-electron chi connectivity index (χ2n) is 5.07. The Morgan fingerprint density at radius 3 is 1.82 bits per heavy atom. The molecule has 0 aliphatic heterocycles. The Morgan fingerprint density at radius 2 is 1.23 bits per heavy atom. The van der Waals surface area contributed by atoms with Crippen LogP contribution in [0.5, 0.6) is 23.0 Å². The summed E-state index contributed by atoms with van der Waals surface area (Å²) in [5.41, 5.74) is 3.34. The number of benzene rings is 2. The molecular formula is C18H22O4. The van der Waals surface area contributed by atoms with Crippen molar-refractivity contribution in [3.63, 3.8) is 0 Å². The van der Waals surface area contributed by atoms with Crippen molar-refractivity contribution < 1.29 is 18.9 Å². The van der Waals surface area contributed by atoms with Crippen LogP contribution in [-0.4, -0.2) is 21.3 Å². The molecule has 0 heterocycles. The number of rotatable bonds is 6. The van der Waals surface area contributed by atoms with Crippen LogP contribution in [0.2, 0.25) is 0 Å². The molecule has 4 nitrogen and oxygen atoms in total. The Labute approximate surface area is 131 Å². The van der Waals surface area contributed by atoms with E-state index in [1.165, 1.54) is 11.1 Å². The summed E-state index contributed by atoms with van der Waals surface area (Å²) in [6, 6.07) is 9.71. The lowest BCUT2D eigenvalue weighted by atomic mass is 10.1. The largest absolute Gasteiger partial charge is 0.493 e. The van der Waals surface area contributed by atoms with Crippen LogP contribution in [0.1, 0.15) is 16.7 Å². The Balaban J connectivity index is 2.18. The topological polar surface area (TPSA) is 36.9 Å². The van der Waals surface area contributed by atoms with Crippen LogP contribution in [0.3, 0.4) is 0 Å². The predicted octanol–water partition coefficient (Wildman–Crippen LogP) is 3.91. The fraction of sp³-hybridized carbons (Fsp3) is 0.333. The van der Waals surface area contributed by atoms with E-state index < -0.39 is 0 Å². The van der Waals surface area contributed by atoms with Crippen LogP contribution in [0.25, 0.3) is 0 Å². The molecule has 0 amide bonds. The molecular weight excluding hydrogens is 280 g/mol. The van der Waals surface area contributed by atoms with Gasteiger partial charge in [-0.05, 0) is 54.8 Å². The minimum atomic E-state index is 0.430. The SMILES string of the molecule is COc1ccc(COc2cc(C)c(C)cc2OC)cc1OC. The van der Waals surface area contributed by atoms with Crippen molar-refractivity contribution in [1.82, 2.24) is 0 Å². The summed E-state index contributed by atoms with van der Waals surface area (Å²) in [5.74, 6) is 2.87. The molecule has 22 heavy (non-hydrogen) atoms. The van der Waals surface area contributed by atoms with E-state index in [1.54, 1.807) is 21.3 Å². The molecule has 0 atom stereocenters. The Hall–Kier alpha value is -2.36. The van der Waals surface area contributed by atoms with E-state index in [9.17, 15) is 0 Å². The summed E-state index contributed by atoms with van der Waals surface area (Å²) in [7, 11) is 4.89. The maximum atomic E-state index is 5.90. The molecule has 0 spiro atoms. The molecule has 0 aliphatic carbocycles. The number of hydrogen-bond acceptors (Lipinski definition) is 4. The quantitative estimate of drug-likeness (QED) is 0.810. The van der Waals surface area contributed by atoms with Crippen molar-refractivity contribution in [1.29, 1.82) is 0 Å². The second-order valence-corrected chi connectivity index (χ2v) is 5.07. The molecule has 0 fully saturated rings. The first kappa shape index (κ1) is 16.0. The number of aryl methyl sites for hydroxylation is 2. The van der Waals surface area contributed by atoms with Gasteiger partial charge in [0.1, 0.15) is 6.61 Å². The monoisotopic (exact) mass is 302 g/mol. The lowest BCUT2D eigenvalue weighted by Gasteiger charge is -2.14. The van der Waals surface area contributed by atoms with Crippen molar-refractivity contribution in [2.24, 2.45) is 0 Å². The van der Waals surface area contributed by atoms with Crippen LogP contribution >= 0.6 is 0 Å². The van der Waals surface area contributed by atoms with Gasteiger partial charge in [0.15, 0.2) is 23.0 Å². The zero-order valence-corrected chi connectivity index (χ0v) is 13.7. The standard InChI is InChI=1S/C18H22O4/c1-12-8-16(20-4)18(9-13(12)2)22-11-14-6-7-15(19-3)17(10-14)21-5/h6-10H,11H2,1-5H3. The van der Waals surface area contributed by atoms with Crippen molar-refractivity contribution in [2.45, 2.75) is 20.5 Å². The van der Waals surface area contributed by atoms with Crippen LogP contribution in [0, 0.1) is 13.8 Å². The Morgan fingerprint density at radius 1 is 0.682 bits per heavy atom. The fourth-order valence-electron chi connectivity index (χ4n) is 2.17. The second kappa shape index (κ2) is 7.07. The minimum absolute atomic E-state index is 0.430. The van der Waals surface area contributed by atoms with E-state index in [-0.39, 0.29) is 0 Å². The smallest absolute Gasteiger partial charge is 0.161 e. The van der Waals surface area contributed by atoms with Gasteiger partial charge in [-0.15, -0.1) is 0 Å². The van der Waals surface area contributed by atoms with Gasteiger partial charge in [0, 0.05) is 0 Å². The number of ether oxygens (including phenoxy) is 4. The third kappa shape index (κ3) is 3.45. The summed E-state index contributed by atoms with van der Waals surface area (Å²) in [4.78, 5) is 0. The molecule has 0 aliphatic rings. The molecule has 0 unspecified atom stereocenters. The zero-order chi connectivity index (χ0) is 16.1. The van der Waals surface area contributed by atoms with Crippen molar-refractivity contribution in [2.75, 3.05) is 21.3 Å². The van der Waals surface area contributed by atoms with Gasteiger partial charge in [0.25, 0.3) is 0 Å². The highest BCUT2D eigenvalue weighted by atomic mass is 16.5. The molecule has 0 radical (unpaired) electrons. The van der Waals surface area contributed by atoms with Crippen LogP contribution in [-0.2, 0) is 6.61 Å². The van der Waals surface area contributed by atoms with E-state index in [4.69, 9.17) is 18.9 Å². The molecule has 2 aromatic rings. The van der Waals surface area contributed by atoms with Gasteiger partial charge in [0.2, 0.25) is 0 Å². The highest BCUT2D eigenvalue weighted by molar-refractivity contribution is 5.47. The molecule has 0 saturated heterocycles. The highest BCUT2D eigenvalue weighted by Gasteiger charge is 2.09. The van der Waals surface area contributed by atoms with E-state index >= 15 is 0 Å². The molecule has 0 aromatic heterocycles. The van der Waals surface area contributed by atoms with E-state index in [1.807, 2.05) is 30.3 Å². The van der Waals surface area contributed by atoms with Crippen LogP contribution < -0.4 is 18.9 Å². The minimum Gasteiger partial charge on any atom is -0.493 e. The van der Waals surface area contributed by atoms with Crippen LogP contribution in [0.4, 0.5) is 0 Å². The summed E-state index contributed by atoms with van der Waals surface area (Å²) < 4.78 is 21.8. The van der Waals surface area contributed by atoms with Gasteiger partial charge in [-0.3, -0.25) is 0 Å². The summed E-state index contributed by atoms with van der Waals surface area (Å²) in [6.07, 6.45) is 0. The molecule has 0 bridgehead atoms. The Bertz CT molecular complexity index is 650. The van der Waals surface area contributed by atoms with Gasteiger partial charge >= 0.3 is 0 Å². The average molecular weight is 302 g/mol. The molecule has 4 heteroatoms. The van der Waals surface area contributed by atoms with E-state index in [0.717, 1.165) is 17.1 Å². The number of hydrogen-bond donors (Lipinski definition) is 0. The zero-order valence-electron chi connectivity index (χ0n) is 13.7. The first-order valence-electron chi connectivity index (χ1n) is 7.08. The lowest BCUT2D eigenvalue weighted by Crippen LogP contribution is -2.00. The normalized spacial score (nSPS) is 10.2. The molecule has 0 saturated carbocycles. The van der Waals surface area contributed by atoms with Crippen molar-refractivity contribution >= 4 is 0 Å². The Kier molecular flexibility index (Phi) is 5.15. The van der Waals surface area contributed by atoms with Crippen LogP contribution in [0.15, 0.2) is 30.3 Å². The maximum absolute atomic E-state index is 5.90. The average Bonchev–Trinajstić information content (AvgIpc) is 2.55. The summed E-state index contributed by atoms with van der Waals surface area (Å²) in [6.45, 7) is 4.53. The van der Waals surface area contributed by atoms with Gasteiger partial charge in [-0.1, -0.05) is 6.07 Å². The highest BCUT2D eigenvalue weighted by Crippen LogP contribution is 2.32. The summed E-state index contributed by atoms with van der Waals surface area (Å²) >= 11 is 0. The summed E-state index contributed by atoms with van der Waals surface area (Å²) in [5, 5.41) is 0. The third-order valence-electron chi connectivity index (χ3n) is 3.62. The predicted molar refractivity (Wildman–Crippen MR) is 86.3 cm³/mol. The molecule has 2 rings (SSSR count). The van der Waals surface area contributed by atoms with Crippen molar-refractivity contribution in [3.8, 4) is 23.0 Å². The van der Waals surface area contributed by atoms with Gasteiger partial charge in [-0.2, -0.15) is 0 Å². The maximum Gasteiger partial charge on any atom is 0.161 e. The third-order valence-corrected chi connectivity index (χ3v) is 3.62. The van der Waals surface area contributed by atoms with Gasteiger partial charge < -0.3 is 18.9 Å². The fourth-order valence-corrected chi connectivity index (χ4v) is 2.17. The van der Waals surface area contributed by atoms with Crippen molar-refractivity contribution in [3.05, 3.63) is 47.0 Å². The number of methoxy groups -OCH3 is 3. The molecule has 2 aromatic carbocycles. The van der Waals surface area contributed by atoms with Gasteiger partial charge in [0.05, 0.1) is 21.3 Å². The van der Waals surface area contributed by atoms with E-state index in [2.05, 4.69) is 13.8 Å². The molecule has 118 valence electrons. The first-order chi connectivity index (χ1) is 10.6. The first-order valence-corrected chi connectivity index (χ1v) is 7.08. The van der Waals surface area contributed by atoms with E-state index in [0.29, 0.717) is 18.1 Å².